The number of piperidine rings is 1. The molecule has 1 fully saturated rings. The lowest BCUT2D eigenvalue weighted by atomic mass is 9.93. The van der Waals surface area contributed by atoms with Gasteiger partial charge >= 0.3 is 0 Å². The van der Waals surface area contributed by atoms with Crippen LogP contribution in [-0.2, 0) is 6.54 Å². The average Bonchev–Trinajstić information content (AvgIpc) is 2.56. The Bertz CT molecular complexity index is 637. The Balaban J connectivity index is 1.84. The van der Waals surface area contributed by atoms with Gasteiger partial charge in [-0.05, 0) is 49.1 Å². The van der Waals surface area contributed by atoms with Crippen LogP contribution in [-0.4, -0.2) is 30.5 Å². The number of benzene rings is 1. The van der Waals surface area contributed by atoms with Crippen molar-refractivity contribution in [1.29, 1.82) is 0 Å². The Hall–Kier alpha value is -1.87. The molecule has 122 valence electrons. The molecule has 2 aromatic rings. The van der Waals surface area contributed by atoms with E-state index in [1.54, 1.807) is 0 Å². The monoisotopic (exact) mass is 309 g/mol. The molecule has 1 atom stereocenters. The second-order valence-electron chi connectivity index (χ2n) is 6.76. The lowest BCUT2D eigenvalue weighted by Gasteiger charge is -2.36. The van der Waals surface area contributed by atoms with Gasteiger partial charge < -0.3 is 4.90 Å². The maximum absolute atomic E-state index is 4.65. The molecular formula is C20H27N3. The van der Waals surface area contributed by atoms with E-state index in [1.165, 1.54) is 42.5 Å². The van der Waals surface area contributed by atoms with E-state index < -0.39 is 0 Å². The topological polar surface area (TPSA) is 19.4 Å². The summed E-state index contributed by atoms with van der Waals surface area (Å²) in [6.07, 6.45) is 5.94. The van der Waals surface area contributed by atoms with Gasteiger partial charge in [0.25, 0.3) is 0 Å². The molecule has 1 aromatic heterocycles. The molecule has 1 saturated heterocycles. The van der Waals surface area contributed by atoms with Crippen molar-refractivity contribution in [2.45, 2.75) is 38.8 Å². The molecule has 0 N–H and O–H groups in total. The second kappa shape index (κ2) is 7.14. The first-order valence-corrected chi connectivity index (χ1v) is 8.57. The highest BCUT2D eigenvalue weighted by atomic mass is 15.2. The van der Waals surface area contributed by atoms with Gasteiger partial charge in [0, 0.05) is 32.9 Å². The summed E-state index contributed by atoms with van der Waals surface area (Å²) >= 11 is 0. The summed E-state index contributed by atoms with van der Waals surface area (Å²) in [7, 11) is 4.09. The zero-order chi connectivity index (χ0) is 16.2. The van der Waals surface area contributed by atoms with Crippen molar-refractivity contribution in [3.63, 3.8) is 0 Å². The number of hydrogen-bond acceptors (Lipinski definition) is 3. The Morgan fingerprint density at radius 1 is 1.17 bits per heavy atom. The SMILES string of the molecule is Cc1cc(N(C)C)ncc1[C@@H]1CCCCN1Cc1ccccc1. The molecule has 0 amide bonds. The fraction of sp³-hybridized carbons (Fsp3) is 0.450. The van der Waals surface area contributed by atoms with Crippen LogP contribution in [0.5, 0.6) is 0 Å². The van der Waals surface area contributed by atoms with Crippen molar-refractivity contribution >= 4 is 5.82 Å². The second-order valence-corrected chi connectivity index (χ2v) is 6.76. The average molecular weight is 309 g/mol. The first kappa shape index (κ1) is 16.0. The standard InChI is InChI=1S/C20H27N3/c1-16-13-20(22(2)3)21-14-18(16)19-11-7-8-12-23(19)15-17-9-5-4-6-10-17/h4-6,9-10,13-14,19H,7-8,11-12,15H2,1-3H3/t19-/m0/s1. The van der Waals surface area contributed by atoms with Gasteiger partial charge in [0.2, 0.25) is 0 Å². The van der Waals surface area contributed by atoms with Gasteiger partial charge in [-0.25, -0.2) is 4.98 Å². The molecule has 3 nitrogen and oxygen atoms in total. The van der Waals surface area contributed by atoms with E-state index in [4.69, 9.17) is 0 Å². The number of anilines is 1. The van der Waals surface area contributed by atoms with Gasteiger partial charge in [-0.1, -0.05) is 36.8 Å². The van der Waals surface area contributed by atoms with Gasteiger partial charge in [0.1, 0.15) is 5.82 Å². The Morgan fingerprint density at radius 2 is 1.96 bits per heavy atom. The molecule has 0 bridgehead atoms. The molecule has 3 rings (SSSR count). The van der Waals surface area contributed by atoms with Crippen molar-refractivity contribution in [2.24, 2.45) is 0 Å². The summed E-state index contributed by atoms with van der Waals surface area (Å²) in [6, 6.07) is 13.5. The largest absolute Gasteiger partial charge is 0.363 e. The Labute approximate surface area is 140 Å². The number of hydrogen-bond donors (Lipinski definition) is 0. The molecule has 0 aliphatic carbocycles. The fourth-order valence-corrected chi connectivity index (χ4v) is 3.50. The molecule has 0 radical (unpaired) electrons. The normalized spacial score (nSPS) is 18.8. The van der Waals surface area contributed by atoms with Crippen LogP contribution < -0.4 is 4.90 Å². The third-order valence-corrected chi connectivity index (χ3v) is 4.80. The van der Waals surface area contributed by atoms with Crippen molar-refractivity contribution in [2.75, 3.05) is 25.5 Å². The number of nitrogens with zero attached hydrogens (tertiary/aromatic N) is 3. The molecule has 2 heterocycles. The van der Waals surface area contributed by atoms with Gasteiger partial charge in [-0.15, -0.1) is 0 Å². The van der Waals surface area contributed by atoms with Crippen LogP contribution in [0.4, 0.5) is 5.82 Å². The van der Waals surface area contributed by atoms with Crippen molar-refractivity contribution < 1.29 is 0 Å². The predicted octanol–water partition coefficient (Wildman–Crippen LogP) is 4.18. The number of likely N-dealkylation sites (tertiary alicyclic amines) is 1. The van der Waals surface area contributed by atoms with Crippen molar-refractivity contribution in [3.8, 4) is 0 Å². The Kier molecular flexibility index (Phi) is 4.97. The summed E-state index contributed by atoms with van der Waals surface area (Å²) in [5, 5.41) is 0. The van der Waals surface area contributed by atoms with Gasteiger partial charge in [0.05, 0.1) is 0 Å². The minimum absolute atomic E-state index is 0.493. The van der Waals surface area contributed by atoms with Crippen molar-refractivity contribution in [3.05, 3.63) is 59.3 Å². The maximum Gasteiger partial charge on any atom is 0.128 e. The van der Waals surface area contributed by atoms with Gasteiger partial charge in [-0.2, -0.15) is 0 Å². The highest BCUT2D eigenvalue weighted by molar-refractivity contribution is 5.43. The highest BCUT2D eigenvalue weighted by Crippen LogP contribution is 2.34. The van der Waals surface area contributed by atoms with Crippen LogP contribution >= 0.6 is 0 Å². The molecule has 0 spiro atoms. The highest BCUT2D eigenvalue weighted by Gasteiger charge is 2.25. The molecule has 1 aliphatic heterocycles. The summed E-state index contributed by atoms with van der Waals surface area (Å²) < 4.78 is 0. The van der Waals surface area contributed by atoms with E-state index in [2.05, 4.69) is 64.3 Å². The van der Waals surface area contributed by atoms with Crippen LogP contribution in [0.3, 0.4) is 0 Å². The van der Waals surface area contributed by atoms with Crippen LogP contribution in [0.15, 0.2) is 42.6 Å². The van der Waals surface area contributed by atoms with Crippen molar-refractivity contribution in [1.82, 2.24) is 9.88 Å². The van der Waals surface area contributed by atoms with E-state index in [9.17, 15) is 0 Å². The molecule has 23 heavy (non-hydrogen) atoms. The zero-order valence-electron chi connectivity index (χ0n) is 14.5. The number of aryl methyl sites for hydroxylation is 1. The van der Waals surface area contributed by atoms with E-state index in [0.717, 1.165) is 12.4 Å². The molecule has 1 aromatic carbocycles. The van der Waals surface area contributed by atoms with E-state index in [0.29, 0.717) is 6.04 Å². The van der Waals surface area contributed by atoms with E-state index in [1.807, 2.05) is 14.1 Å². The minimum atomic E-state index is 0.493. The predicted molar refractivity (Wildman–Crippen MR) is 96.7 cm³/mol. The molecule has 0 unspecified atom stereocenters. The summed E-state index contributed by atoms with van der Waals surface area (Å²) in [5.41, 5.74) is 4.15. The Morgan fingerprint density at radius 3 is 2.65 bits per heavy atom. The number of pyridine rings is 1. The molecule has 0 saturated carbocycles. The maximum atomic E-state index is 4.65. The lowest BCUT2D eigenvalue weighted by molar-refractivity contribution is 0.139. The van der Waals surface area contributed by atoms with E-state index in [-0.39, 0.29) is 0 Å². The van der Waals surface area contributed by atoms with E-state index >= 15 is 0 Å². The third-order valence-electron chi connectivity index (χ3n) is 4.80. The molecular weight excluding hydrogens is 282 g/mol. The van der Waals surface area contributed by atoms with Gasteiger partial charge in [0.15, 0.2) is 0 Å². The summed E-state index contributed by atoms with van der Waals surface area (Å²) in [6.45, 7) is 4.42. The van der Waals surface area contributed by atoms with Crippen LogP contribution in [0.25, 0.3) is 0 Å². The first-order valence-electron chi connectivity index (χ1n) is 8.57. The fourth-order valence-electron chi connectivity index (χ4n) is 3.50. The summed E-state index contributed by atoms with van der Waals surface area (Å²) in [5.74, 6) is 1.04. The number of aromatic nitrogens is 1. The van der Waals surface area contributed by atoms with Gasteiger partial charge in [-0.3, -0.25) is 4.90 Å². The first-order chi connectivity index (χ1) is 11.1. The lowest BCUT2D eigenvalue weighted by Crippen LogP contribution is -2.33. The molecule has 3 heteroatoms. The minimum Gasteiger partial charge on any atom is -0.363 e. The van der Waals surface area contributed by atoms with Crippen LogP contribution in [0, 0.1) is 6.92 Å². The molecule has 1 aliphatic rings. The quantitative estimate of drug-likeness (QED) is 0.844. The summed E-state index contributed by atoms with van der Waals surface area (Å²) in [4.78, 5) is 9.35. The third kappa shape index (κ3) is 3.73. The van der Waals surface area contributed by atoms with Crippen LogP contribution in [0.2, 0.25) is 0 Å². The smallest absolute Gasteiger partial charge is 0.128 e. The number of rotatable bonds is 4. The van der Waals surface area contributed by atoms with Crippen LogP contribution in [0.1, 0.15) is 42.0 Å². The zero-order valence-corrected chi connectivity index (χ0v) is 14.5.